The summed E-state index contributed by atoms with van der Waals surface area (Å²) in [5, 5.41) is 31.0. The van der Waals surface area contributed by atoms with Gasteiger partial charge in [-0.15, -0.1) is 0 Å². The van der Waals surface area contributed by atoms with Crippen LogP contribution in [0.4, 0.5) is 15.3 Å². The molecule has 1 aliphatic rings. The van der Waals surface area contributed by atoms with Crippen LogP contribution in [-0.2, 0) is 35.3 Å². The Morgan fingerprint density at radius 3 is 2.10 bits per heavy atom. The minimum atomic E-state index is -1.04. The number of alkyl carbamates (subject to hydrolysis) is 1. The number of imide groups is 1. The normalized spacial score (nSPS) is 13.6. The predicted octanol–water partition coefficient (Wildman–Crippen LogP) is -0.236. The second-order valence-electron chi connectivity index (χ2n) is 11.7. The molecule has 0 aliphatic carbocycles. The number of nitrogens with one attached hydrogen (secondary N) is 5. The monoisotopic (exact) mass is 689 g/mol. The molecule has 9 N–H and O–H groups in total. The molecule has 1 aromatic rings. The molecule has 17 nitrogen and oxygen atoms in total. The highest BCUT2D eigenvalue weighted by Gasteiger charge is 2.29. The van der Waals surface area contributed by atoms with Crippen molar-refractivity contribution in [3.8, 4) is 0 Å². The van der Waals surface area contributed by atoms with Crippen LogP contribution in [0.5, 0.6) is 0 Å². The summed E-state index contributed by atoms with van der Waals surface area (Å²) in [6, 6.07) is 2.79. The lowest BCUT2D eigenvalue weighted by molar-refractivity contribution is -0.137. The predicted molar refractivity (Wildman–Crippen MR) is 176 cm³/mol. The highest BCUT2D eigenvalue weighted by atomic mass is 16.5. The number of unbranched alkanes of at least 4 members (excludes halogenated alkanes) is 2. The molecule has 2 atom stereocenters. The quantitative estimate of drug-likeness (QED) is 0.0621. The van der Waals surface area contributed by atoms with E-state index in [0.717, 1.165) is 4.90 Å². The molecule has 0 spiro atoms. The molecule has 0 radical (unpaired) electrons. The van der Waals surface area contributed by atoms with Gasteiger partial charge in [0.2, 0.25) is 17.7 Å². The molecule has 0 fully saturated rings. The highest BCUT2D eigenvalue weighted by Crippen LogP contribution is 2.13. The van der Waals surface area contributed by atoms with Crippen molar-refractivity contribution in [2.75, 3.05) is 31.6 Å². The number of amides is 8. The van der Waals surface area contributed by atoms with Crippen molar-refractivity contribution < 1.29 is 48.5 Å². The van der Waals surface area contributed by atoms with Gasteiger partial charge in [0.25, 0.3) is 11.8 Å². The van der Waals surface area contributed by atoms with E-state index in [9.17, 15) is 33.6 Å². The zero-order valence-corrected chi connectivity index (χ0v) is 27.7. The SMILES string of the molecule is CC(C)[C@H](NC(=O)CCCCCN1C(=O)C=CC1=O)C(=O)N[C@@H](CCCNC(N)=O)C(=O)Nc1ccc(COC(=O)NC(CO)CO)cc1. The van der Waals surface area contributed by atoms with Gasteiger partial charge in [0, 0.05) is 37.3 Å². The van der Waals surface area contributed by atoms with Gasteiger partial charge in [0.05, 0.1) is 19.3 Å². The minimum Gasteiger partial charge on any atom is -0.445 e. The number of nitrogens with zero attached hydrogens (tertiary/aromatic N) is 1. The fourth-order valence-corrected chi connectivity index (χ4v) is 4.63. The summed E-state index contributed by atoms with van der Waals surface area (Å²) in [4.78, 5) is 86.7. The molecular formula is C32H47N7O10. The summed E-state index contributed by atoms with van der Waals surface area (Å²) in [6.45, 7) is 2.90. The molecule has 0 unspecified atom stereocenters. The van der Waals surface area contributed by atoms with Crippen LogP contribution in [0.2, 0.25) is 0 Å². The van der Waals surface area contributed by atoms with Crippen LogP contribution in [0.25, 0.3) is 0 Å². The Morgan fingerprint density at radius 2 is 1.51 bits per heavy atom. The van der Waals surface area contributed by atoms with Gasteiger partial charge in [-0.2, -0.15) is 0 Å². The molecule has 0 saturated carbocycles. The zero-order chi connectivity index (χ0) is 36.3. The number of anilines is 1. The van der Waals surface area contributed by atoms with Gasteiger partial charge in [-0.25, -0.2) is 9.59 Å². The molecule has 8 amide bonds. The summed E-state index contributed by atoms with van der Waals surface area (Å²) in [7, 11) is 0. The Bertz CT molecular complexity index is 1310. The van der Waals surface area contributed by atoms with Crippen LogP contribution in [0.1, 0.15) is 57.9 Å². The van der Waals surface area contributed by atoms with Gasteiger partial charge < -0.3 is 47.3 Å². The third-order valence-electron chi connectivity index (χ3n) is 7.41. The molecule has 0 aromatic heterocycles. The summed E-state index contributed by atoms with van der Waals surface area (Å²) in [5.41, 5.74) is 6.10. The van der Waals surface area contributed by atoms with E-state index in [2.05, 4.69) is 26.6 Å². The number of nitrogens with two attached hydrogens (primary N) is 1. The maximum Gasteiger partial charge on any atom is 0.407 e. The van der Waals surface area contributed by atoms with E-state index in [-0.39, 0.29) is 56.2 Å². The van der Waals surface area contributed by atoms with Crippen LogP contribution in [0, 0.1) is 5.92 Å². The number of rotatable bonds is 21. The number of primary amides is 1. The average molecular weight is 690 g/mol. The number of urea groups is 1. The van der Waals surface area contributed by atoms with Gasteiger partial charge in [-0.1, -0.05) is 32.4 Å². The first kappa shape index (κ1) is 40.1. The average Bonchev–Trinajstić information content (AvgIpc) is 3.38. The Morgan fingerprint density at radius 1 is 0.857 bits per heavy atom. The van der Waals surface area contributed by atoms with E-state index in [4.69, 9.17) is 20.7 Å². The lowest BCUT2D eigenvalue weighted by atomic mass is 10.0. The van der Waals surface area contributed by atoms with Crippen molar-refractivity contribution in [2.24, 2.45) is 11.7 Å². The van der Waals surface area contributed by atoms with Crippen molar-refractivity contribution in [2.45, 2.75) is 77.1 Å². The maximum atomic E-state index is 13.3. The summed E-state index contributed by atoms with van der Waals surface area (Å²) < 4.78 is 5.06. The first-order chi connectivity index (χ1) is 23.3. The number of aliphatic hydroxyl groups excluding tert-OH is 2. The molecule has 0 saturated heterocycles. The third-order valence-corrected chi connectivity index (χ3v) is 7.41. The van der Waals surface area contributed by atoms with Gasteiger partial charge >= 0.3 is 12.1 Å². The van der Waals surface area contributed by atoms with Gasteiger partial charge in [-0.3, -0.25) is 28.9 Å². The number of hydrogen-bond acceptors (Lipinski definition) is 10. The van der Waals surface area contributed by atoms with Crippen LogP contribution in [0.15, 0.2) is 36.4 Å². The van der Waals surface area contributed by atoms with E-state index in [1.165, 1.54) is 12.2 Å². The van der Waals surface area contributed by atoms with Crippen molar-refractivity contribution in [1.82, 2.24) is 26.2 Å². The smallest absolute Gasteiger partial charge is 0.407 e. The van der Waals surface area contributed by atoms with E-state index in [1.54, 1.807) is 38.1 Å². The van der Waals surface area contributed by atoms with Crippen molar-refractivity contribution in [3.05, 3.63) is 42.0 Å². The first-order valence-corrected chi connectivity index (χ1v) is 16.1. The van der Waals surface area contributed by atoms with Gasteiger partial charge in [0.1, 0.15) is 18.7 Å². The number of benzene rings is 1. The fourth-order valence-electron chi connectivity index (χ4n) is 4.63. The number of ether oxygens (including phenoxy) is 1. The lowest BCUT2D eigenvalue weighted by Gasteiger charge is -2.25. The fraction of sp³-hybridized carbons (Fsp3) is 0.531. The Kier molecular flexibility index (Phi) is 17.2. The van der Waals surface area contributed by atoms with Crippen LogP contribution in [-0.4, -0.2) is 101 Å². The molecule has 49 heavy (non-hydrogen) atoms. The molecule has 1 heterocycles. The topological polar surface area (TPSA) is 259 Å². The number of carbonyl (C=O) groups excluding carboxylic acids is 7. The largest absolute Gasteiger partial charge is 0.445 e. The van der Waals surface area contributed by atoms with Gasteiger partial charge in [0.15, 0.2) is 0 Å². The van der Waals surface area contributed by atoms with Crippen LogP contribution < -0.4 is 32.3 Å². The standard InChI is InChI=1S/C32H47N7O10/c1-20(2)28(38-25(42)8-4-3-5-16-39-26(43)13-14-27(39)44)30(46)37-24(7-6-15-34-31(33)47)29(45)35-22-11-9-21(10-12-22)19-49-32(48)36-23(17-40)18-41/h9-14,20,23-24,28,40-41H,3-8,15-19H2,1-2H3,(H,35,45)(H,36,48)(H,37,46)(H,38,42)(H3,33,34,47)/t24-,28-/m0/s1. The maximum absolute atomic E-state index is 13.3. The first-order valence-electron chi connectivity index (χ1n) is 16.1. The molecule has 1 aromatic carbocycles. The summed E-state index contributed by atoms with van der Waals surface area (Å²) >= 11 is 0. The Labute approximate surface area is 284 Å². The summed E-state index contributed by atoms with van der Waals surface area (Å²) in [5.74, 6) is -2.51. The van der Waals surface area contributed by atoms with Crippen LogP contribution >= 0.6 is 0 Å². The van der Waals surface area contributed by atoms with Crippen LogP contribution in [0.3, 0.4) is 0 Å². The van der Waals surface area contributed by atoms with E-state index < -0.39 is 55.3 Å². The second kappa shape index (κ2) is 21.0. The molecular weight excluding hydrogens is 642 g/mol. The molecule has 1 aliphatic heterocycles. The Hall–Kier alpha value is -5.03. The van der Waals surface area contributed by atoms with Crippen molar-refractivity contribution in [1.29, 1.82) is 0 Å². The zero-order valence-electron chi connectivity index (χ0n) is 27.7. The number of carbonyl (C=O) groups is 7. The lowest BCUT2D eigenvalue weighted by Crippen LogP contribution is -2.54. The molecule has 17 heteroatoms. The van der Waals surface area contributed by atoms with E-state index in [0.29, 0.717) is 36.9 Å². The van der Waals surface area contributed by atoms with E-state index in [1.807, 2.05) is 0 Å². The Balaban J connectivity index is 1.94. The molecule has 0 bridgehead atoms. The molecule has 2 rings (SSSR count). The summed E-state index contributed by atoms with van der Waals surface area (Å²) in [6.07, 6.45) is 3.77. The second-order valence-corrected chi connectivity index (χ2v) is 11.7. The van der Waals surface area contributed by atoms with Crippen molar-refractivity contribution in [3.63, 3.8) is 0 Å². The van der Waals surface area contributed by atoms with Crippen molar-refractivity contribution >= 4 is 47.3 Å². The minimum absolute atomic E-state index is 0.115. The molecule has 270 valence electrons. The highest BCUT2D eigenvalue weighted by molar-refractivity contribution is 6.12. The third kappa shape index (κ3) is 14.7. The number of hydrogen-bond donors (Lipinski definition) is 8. The van der Waals surface area contributed by atoms with E-state index >= 15 is 0 Å². The number of aliphatic hydroxyl groups is 2. The van der Waals surface area contributed by atoms with Gasteiger partial charge in [-0.05, 0) is 49.3 Å².